The molecule has 0 N–H and O–H groups in total. The highest BCUT2D eigenvalue weighted by atomic mass is 32.1. The van der Waals surface area contributed by atoms with Crippen molar-refractivity contribution < 1.29 is 0 Å². The average molecular weight is 274 g/mol. The van der Waals surface area contributed by atoms with Crippen LogP contribution in [0.1, 0.15) is 50.7 Å². The van der Waals surface area contributed by atoms with Gasteiger partial charge < -0.3 is 0 Å². The molecule has 0 radical (unpaired) electrons. The van der Waals surface area contributed by atoms with E-state index in [0.29, 0.717) is 10.8 Å². The van der Waals surface area contributed by atoms with Crippen LogP contribution in [0.2, 0.25) is 0 Å². The van der Waals surface area contributed by atoms with Gasteiger partial charge in [0.05, 0.1) is 0 Å². The lowest BCUT2D eigenvalue weighted by atomic mass is 9.62. The third-order valence-corrected chi connectivity index (χ3v) is 7.02. The number of fused-ring (bicyclic) bond motifs is 5. The smallest absolute Gasteiger partial charge is 0.0486 e. The molecule has 1 fully saturated rings. The summed E-state index contributed by atoms with van der Waals surface area (Å²) in [7, 11) is 0. The molecule has 0 atom stereocenters. The van der Waals surface area contributed by atoms with Crippen LogP contribution in [0.3, 0.4) is 0 Å². The van der Waals surface area contributed by atoms with Gasteiger partial charge in [0.25, 0.3) is 0 Å². The minimum atomic E-state index is 0.375. The summed E-state index contributed by atoms with van der Waals surface area (Å²) in [4.78, 5) is 3.14. The Bertz CT molecular complexity index is 548. The third kappa shape index (κ3) is 1.31. The van der Waals surface area contributed by atoms with Gasteiger partial charge in [-0.1, -0.05) is 13.8 Å². The van der Waals surface area contributed by atoms with Crippen LogP contribution in [-0.2, 0) is 5.41 Å². The Labute approximate surface area is 117 Å². The molecule has 0 aromatic carbocycles. The van der Waals surface area contributed by atoms with Crippen LogP contribution < -0.4 is 0 Å². The predicted molar refractivity (Wildman–Crippen MR) is 80.7 cm³/mol. The van der Waals surface area contributed by atoms with Gasteiger partial charge in [0, 0.05) is 15.2 Å². The monoisotopic (exact) mass is 274 g/mol. The van der Waals surface area contributed by atoms with E-state index in [4.69, 9.17) is 0 Å². The molecule has 0 bridgehead atoms. The first kappa shape index (κ1) is 11.2. The van der Waals surface area contributed by atoms with E-state index in [1.807, 2.05) is 22.7 Å². The van der Waals surface area contributed by atoms with Gasteiger partial charge in [0.1, 0.15) is 0 Å². The van der Waals surface area contributed by atoms with Gasteiger partial charge in [-0.05, 0) is 65.1 Å². The van der Waals surface area contributed by atoms with E-state index in [9.17, 15) is 0 Å². The molecule has 0 saturated heterocycles. The summed E-state index contributed by atoms with van der Waals surface area (Å²) in [6, 6.07) is 4.79. The molecule has 1 spiro atoms. The second-order valence-electron chi connectivity index (χ2n) is 6.57. The number of hydrogen-bond acceptors (Lipinski definition) is 2. The zero-order valence-corrected chi connectivity index (χ0v) is 12.6. The molecule has 2 aromatic heterocycles. The van der Waals surface area contributed by atoms with Crippen molar-refractivity contribution in [1.82, 2.24) is 0 Å². The molecule has 18 heavy (non-hydrogen) atoms. The van der Waals surface area contributed by atoms with Gasteiger partial charge in [-0.25, -0.2) is 0 Å². The fourth-order valence-corrected chi connectivity index (χ4v) is 5.95. The number of hydrogen-bond donors (Lipinski definition) is 0. The van der Waals surface area contributed by atoms with Gasteiger partial charge in [0.15, 0.2) is 0 Å². The van der Waals surface area contributed by atoms with Crippen molar-refractivity contribution in [3.8, 4) is 9.75 Å². The fourth-order valence-electron chi connectivity index (χ4n) is 3.76. The highest BCUT2D eigenvalue weighted by Crippen LogP contribution is 2.60. The van der Waals surface area contributed by atoms with Crippen molar-refractivity contribution >= 4 is 22.7 Å². The van der Waals surface area contributed by atoms with Crippen molar-refractivity contribution in [3.05, 3.63) is 34.0 Å². The molecule has 0 nitrogen and oxygen atoms in total. The van der Waals surface area contributed by atoms with Gasteiger partial charge in [-0.15, -0.1) is 22.7 Å². The van der Waals surface area contributed by atoms with Crippen molar-refractivity contribution in [2.45, 2.75) is 44.9 Å². The summed E-state index contributed by atoms with van der Waals surface area (Å²) < 4.78 is 0. The Hall–Kier alpha value is -0.600. The molecule has 94 valence electrons. The lowest BCUT2D eigenvalue weighted by Crippen LogP contribution is -2.33. The molecule has 0 aliphatic heterocycles. The summed E-state index contributed by atoms with van der Waals surface area (Å²) in [5.41, 5.74) is 4.20. The first-order valence-electron chi connectivity index (χ1n) is 6.79. The maximum absolute atomic E-state index is 2.43. The maximum Gasteiger partial charge on any atom is 0.0486 e. The van der Waals surface area contributed by atoms with Crippen molar-refractivity contribution in [2.75, 3.05) is 0 Å². The Morgan fingerprint density at radius 1 is 0.833 bits per heavy atom. The van der Waals surface area contributed by atoms with Crippen molar-refractivity contribution in [3.63, 3.8) is 0 Å². The Morgan fingerprint density at radius 3 is 1.83 bits per heavy atom. The minimum absolute atomic E-state index is 0.375. The molecule has 2 aliphatic carbocycles. The Balaban J connectivity index is 1.88. The second kappa shape index (κ2) is 3.49. The van der Waals surface area contributed by atoms with Crippen molar-refractivity contribution in [2.24, 2.45) is 5.41 Å². The summed E-state index contributed by atoms with van der Waals surface area (Å²) in [6.45, 7) is 4.86. The van der Waals surface area contributed by atoms with Crippen LogP contribution in [0.15, 0.2) is 22.9 Å². The molecule has 2 aromatic rings. The largest absolute Gasteiger partial charge is 0.143 e. The van der Waals surface area contributed by atoms with Crippen LogP contribution in [0, 0.1) is 5.41 Å². The minimum Gasteiger partial charge on any atom is -0.143 e. The third-order valence-electron chi connectivity index (χ3n) is 5.02. The maximum atomic E-state index is 2.43. The Morgan fingerprint density at radius 2 is 1.33 bits per heavy atom. The summed E-state index contributed by atoms with van der Waals surface area (Å²) in [5, 5.41) is 4.57. The summed E-state index contributed by atoms with van der Waals surface area (Å²) >= 11 is 3.87. The van der Waals surface area contributed by atoms with E-state index in [1.165, 1.54) is 25.7 Å². The lowest BCUT2D eigenvalue weighted by Gasteiger charge is -2.42. The topological polar surface area (TPSA) is 0 Å². The molecule has 1 saturated carbocycles. The molecule has 0 amide bonds. The first-order valence-corrected chi connectivity index (χ1v) is 8.55. The fraction of sp³-hybridized carbons (Fsp3) is 0.500. The zero-order valence-electron chi connectivity index (χ0n) is 11.0. The zero-order chi connectivity index (χ0) is 12.4. The molecular weight excluding hydrogens is 256 g/mol. The van der Waals surface area contributed by atoms with E-state index in [1.54, 1.807) is 20.9 Å². The van der Waals surface area contributed by atoms with Gasteiger partial charge in [0.2, 0.25) is 0 Å². The standard InChI is InChI=1S/C16H18S2/c1-15(2)5-7-16(8-6-15)11-3-9-17-13(11)14-12(16)4-10-18-14/h3-4,9-10H,5-8H2,1-2H3. The van der Waals surface area contributed by atoms with Gasteiger partial charge >= 0.3 is 0 Å². The SMILES string of the molecule is CC1(C)CCC2(CC1)c1ccsc1-c1sccc12. The second-order valence-corrected chi connectivity index (χ2v) is 8.41. The van der Waals surface area contributed by atoms with Gasteiger partial charge in [-0.2, -0.15) is 0 Å². The van der Waals surface area contributed by atoms with E-state index < -0.39 is 0 Å². The molecule has 2 heteroatoms. The highest BCUT2D eigenvalue weighted by Gasteiger charge is 2.47. The molecule has 4 rings (SSSR count). The van der Waals surface area contributed by atoms with Crippen LogP contribution in [0.4, 0.5) is 0 Å². The first-order chi connectivity index (χ1) is 8.62. The van der Waals surface area contributed by atoms with E-state index in [2.05, 4.69) is 36.7 Å². The van der Waals surface area contributed by atoms with Gasteiger partial charge in [-0.3, -0.25) is 0 Å². The van der Waals surface area contributed by atoms with E-state index >= 15 is 0 Å². The van der Waals surface area contributed by atoms with Crippen LogP contribution >= 0.6 is 22.7 Å². The van der Waals surface area contributed by atoms with Crippen LogP contribution in [0.5, 0.6) is 0 Å². The predicted octanol–water partition coefficient (Wildman–Crippen LogP) is 5.68. The van der Waals surface area contributed by atoms with Crippen LogP contribution in [0.25, 0.3) is 9.75 Å². The molecule has 0 unspecified atom stereocenters. The van der Waals surface area contributed by atoms with Crippen molar-refractivity contribution in [1.29, 1.82) is 0 Å². The number of rotatable bonds is 0. The number of thiophene rings is 2. The summed E-state index contributed by atoms with van der Waals surface area (Å²) in [6.07, 6.45) is 5.40. The van der Waals surface area contributed by atoms with E-state index in [-0.39, 0.29) is 0 Å². The average Bonchev–Trinajstić information content (AvgIpc) is 3.00. The summed E-state index contributed by atoms with van der Waals surface area (Å²) in [5.74, 6) is 0. The molecular formula is C16H18S2. The normalized spacial score (nSPS) is 23.0. The van der Waals surface area contributed by atoms with E-state index in [0.717, 1.165) is 0 Å². The lowest BCUT2D eigenvalue weighted by molar-refractivity contribution is 0.188. The Kier molecular flexibility index (Phi) is 2.18. The quantitative estimate of drug-likeness (QED) is 0.580. The highest BCUT2D eigenvalue weighted by molar-refractivity contribution is 7.21. The van der Waals surface area contributed by atoms with Crippen LogP contribution in [-0.4, -0.2) is 0 Å². The molecule has 2 heterocycles. The molecule has 2 aliphatic rings.